The first kappa shape index (κ1) is 48.9. The summed E-state index contributed by atoms with van der Waals surface area (Å²) >= 11 is 25.0. The molecule has 0 aromatic carbocycles. The average Bonchev–Trinajstić information content (AvgIpc) is 2.99. The Hall–Kier alpha value is 3.85. The van der Waals surface area contributed by atoms with Crippen LogP contribution in [0.25, 0.3) is 0 Å². The Balaban J connectivity index is 8.12. The predicted molar refractivity (Wildman–Crippen MR) is 246 cm³/mol. The van der Waals surface area contributed by atoms with Gasteiger partial charge >= 0.3 is 0 Å². The minimum atomic E-state index is 0.000991. The van der Waals surface area contributed by atoms with Crippen molar-refractivity contribution in [3.8, 4) is 0 Å². The molecule has 0 aromatic heterocycles. The fourth-order valence-electron chi connectivity index (χ4n) is 4.83. The lowest BCUT2D eigenvalue weighted by molar-refractivity contribution is 0.708. The summed E-state index contributed by atoms with van der Waals surface area (Å²) in [5.74, 6) is 7.26. The molecule has 45 heavy (non-hydrogen) atoms. The highest BCUT2D eigenvalue weighted by atomic mass is 32.3. The third-order valence-electron chi connectivity index (χ3n) is 7.02. The summed E-state index contributed by atoms with van der Waals surface area (Å²) in [5.41, 5.74) is 0. The average molecular weight is 832 g/mol. The largest absolute Gasteiger partial charge is 0.150 e. The van der Waals surface area contributed by atoms with Crippen LogP contribution < -0.4 is 0 Å². The first-order valence-corrected chi connectivity index (χ1v) is 28.4. The zero-order chi connectivity index (χ0) is 34.6. The molecule has 0 nitrogen and oxygen atoms in total. The second-order valence-electron chi connectivity index (χ2n) is 11.9. The molecule has 0 saturated heterocycles. The fourth-order valence-corrected chi connectivity index (χ4v) is 28.1. The van der Waals surface area contributed by atoms with Crippen molar-refractivity contribution in [2.75, 3.05) is 47.0 Å². The van der Waals surface area contributed by atoms with Gasteiger partial charge in [-0.2, -0.15) is 23.5 Å². The van der Waals surface area contributed by atoms with Gasteiger partial charge in [0.15, 0.2) is 0 Å². The number of hydrogen-bond donors (Lipinski definition) is 0. The zero-order valence-corrected chi connectivity index (χ0v) is 40.3. The van der Waals surface area contributed by atoms with Gasteiger partial charge < -0.3 is 0 Å². The van der Waals surface area contributed by atoms with Gasteiger partial charge in [0, 0.05) is 10.5 Å². The van der Waals surface area contributed by atoms with Crippen LogP contribution >= 0.6 is 129 Å². The molecule has 0 saturated carbocycles. The van der Waals surface area contributed by atoms with Gasteiger partial charge in [-0.05, 0) is 86.6 Å². The van der Waals surface area contributed by atoms with Gasteiger partial charge in [-0.3, -0.25) is 0 Å². The van der Waals surface area contributed by atoms with E-state index in [0.29, 0.717) is 19.7 Å². The van der Waals surface area contributed by atoms with Crippen LogP contribution in [0.2, 0.25) is 0 Å². The van der Waals surface area contributed by atoms with E-state index >= 15 is 0 Å². The maximum absolute atomic E-state index is 2.70. The van der Waals surface area contributed by atoms with Crippen molar-refractivity contribution >= 4 is 129 Å². The molecule has 0 fully saturated rings. The number of thioether (sulfide) groups is 11. The van der Waals surface area contributed by atoms with Crippen LogP contribution in [-0.4, -0.2) is 83.0 Å². The molecule has 11 heteroatoms. The summed E-state index contributed by atoms with van der Waals surface area (Å²) in [7, 11) is 0. The van der Waals surface area contributed by atoms with Crippen molar-refractivity contribution in [2.24, 2.45) is 0 Å². The number of hydrogen-bond acceptors (Lipinski definition) is 11. The first-order valence-electron chi connectivity index (χ1n) is 17.2. The summed E-state index contributed by atoms with van der Waals surface area (Å²) < 4.78 is 1.23. The lowest BCUT2D eigenvalue weighted by atomic mass is 10.2. The molecule has 0 aromatic rings. The van der Waals surface area contributed by atoms with Crippen molar-refractivity contribution in [2.45, 2.75) is 158 Å². The van der Waals surface area contributed by atoms with Crippen molar-refractivity contribution in [1.29, 1.82) is 0 Å². The van der Waals surface area contributed by atoms with E-state index in [-0.39, 0.29) is 16.3 Å². The molecule has 0 bridgehead atoms. The molecule has 0 rings (SSSR count). The molecular formula is C34H70S11. The normalized spacial score (nSPS) is 19.2. The molecule has 0 aliphatic rings. The summed E-state index contributed by atoms with van der Waals surface area (Å²) in [5, 5.41) is 1.11. The molecule has 272 valence electrons. The Bertz CT molecular complexity index is 668. The van der Waals surface area contributed by atoms with Crippen LogP contribution in [0, 0.1) is 0 Å². The maximum atomic E-state index is 2.70. The van der Waals surface area contributed by atoms with Gasteiger partial charge in [0.2, 0.25) is 0 Å². The number of rotatable bonds is 30. The SMILES string of the molecule is CCCCSC(SC(C)C)(SC(SCCCC)(SC(C)C)C(C)(SCCC)C(SC)SCC)C(C)(SCCC)C(SC)SCC. The summed E-state index contributed by atoms with van der Waals surface area (Å²) in [6, 6.07) is 0. The Kier molecular flexibility index (Phi) is 28.9. The smallest absolute Gasteiger partial charge is 0.125 e. The maximum Gasteiger partial charge on any atom is 0.125 e. The van der Waals surface area contributed by atoms with E-state index in [1.807, 2.05) is 0 Å². The van der Waals surface area contributed by atoms with Crippen LogP contribution in [-0.2, 0) is 0 Å². The Morgan fingerprint density at radius 1 is 0.489 bits per heavy atom. The van der Waals surface area contributed by atoms with Crippen LogP contribution in [0.4, 0.5) is 0 Å². The minimum Gasteiger partial charge on any atom is -0.150 e. The van der Waals surface area contributed by atoms with Crippen molar-refractivity contribution in [3.63, 3.8) is 0 Å². The Morgan fingerprint density at radius 2 is 0.844 bits per heavy atom. The van der Waals surface area contributed by atoms with E-state index in [1.54, 1.807) is 0 Å². The molecular weight excluding hydrogens is 761 g/mol. The highest BCUT2D eigenvalue weighted by molar-refractivity contribution is 8.44. The molecule has 0 aliphatic heterocycles. The summed E-state index contributed by atoms with van der Waals surface area (Å²) in [4.78, 5) is 0. The zero-order valence-electron chi connectivity index (χ0n) is 31.3. The van der Waals surface area contributed by atoms with Gasteiger partial charge in [0.05, 0.1) is 18.7 Å². The molecule has 0 N–H and O–H groups in total. The quantitative estimate of drug-likeness (QED) is 0.0502. The molecule has 6 unspecified atom stereocenters. The van der Waals surface area contributed by atoms with E-state index in [2.05, 4.69) is 225 Å². The van der Waals surface area contributed by atoms with Gasteiger partial charge in [-0.15, -0.1) is 106 Å². The van der Waals surface area contributed by atoms with E-state index in [1.165, 1.54) is 73.0 Å². The summed E-state index contributed by atoms with van der Waals surface area (Å²) in [6.07, 6.45) is 12.3. The molecule has 0 heterocycles. The molecule has 0 radical (unpaired) electrons. The Labute approximate surface area is 330 Å². The van der Waals surface area contributed by atoms with E-state index in [4.69, 9.17) is 0 Å². The minimum absolute atomic E-state index is 0.000991. The van der Waals surface area contributed by atoms with E-state index in [9.17, 15) is 0 Å². The second kappa shape index (κ2) is 26.6. The topological polar surface area (TPSA) is 0 Å². The third-order valence-corrected chi connectivity index (χ3v) is 27.8. The van der Waals surface area contributed by atoms with Crippen LogP contribution in [0.1, 0.15) is 122 Å². The highest BCUT2D eigenvalue weighted by Gasteiger charge is 2.64. The monoisotopic (exact) mass is 830 g/mol. The van der Waals surface area contributed by atoms with Crippen molar-refractivity contribution in [1.82, 2.24) is 0 Å². The molecule has 0 spiro atoms. The van der Waals surface area contributed by atoms with Crippen molar-refractivity contribution in [3.05, 3.63) is 0 Å². The third kappa shape index (κ3) is 15.0. The lowest BCUT2D eigenvalue weighted by Crippen LogP contribution is -2.57. The molecule has 0 amide bonds. The van der Waals surface area contributed by atoms with Crippen LogP contribution in [0.3, 0.4) is 0 Å². The molecule has 6 atom stereocenters. The standard InChI is InChI=1S/C34H70S11/c1-15-21-25-41-33(43-27(7)8,31(11,39-23-17-3)29(35-13)37-19-5)45-34(44-28(9)10,42-26-22-16-2)32(12,40-24-18-4)30(36-14)38-20-6/h27-30H,15-26H2,1-14H3. The first-order chi connectivity index (χ1) is 21.3. The van der Waals surface area contributed by atoms with E-state index in [0.717, 1.165) is 0 Å². The highest BCUT2D eigenvalue weighted by Crippen LogP contribution is 2.74. The van der Waals surface area contributed by atoms with Gasteiger partial charge in [-0.25, -0.2) is 0 Å². The summed E-state index contributed by atoms with van der Waals surface area (Å²) in [6.45, 7) is 29.5. The van der Waals surface area contributed by atoms with Gasteiger partial charge in [0.25, 0.3) is 0 Å². The van der Waals surface area contributed by atoms with Gasteiger partial charge in [-0.1, -0.05) is 82.1 Å². The van der Waals surface area contributed by atoms with Crippen LogP contribution in [0.5, 0.6) is 0 Å². The fraction of sp³-hybridized carbons (Fsp3) is 1.00. The van der Waals surface area contributed by atoms with Crippen molar-refractivity contribution < 1.29 is 0 Å². The second-order valence-corrected chi connectivity index (χ2v) is 29.4. The predicted octanol–water partition coefficient (Wildman–Crippen LogP) is 15.1. The Morgan fingerprint density at radius 3 is 1.09 bits per heavy atom. The lowest BCUT2D eigenvalue weighted by Gasteiger charge is -2.58. The van der Waals surface area contributed by atoms with E-state index < -0.39 is 0 Å². The number of unbranched alkanes of at least 4 members (excludes halogenated alkanes) is 2. The molecule has 0 aliphatic carbocycles. The van der Waals surface area contributed by atoms with Crippen LogP contribution in [0.15, 0.2) is 0 Å². The van der Waals surface area contributed by atoms with Gasteiger partial charge in [0.1, 0.15) is 6.82 Å².